The van der Waals surface area contributed by atoms with E-state index in [9.17, 15) is 0 Å². The minimum atomic E-state index is -0.0764. The average molecular weight is 161 g/mol. The zero-order chi connectivity index (χ0) is 8.69. The molecule has 0 amide bonds. The van der Waals surface area contributed by atoms with Gasteiger partial charge < -0.3 is 14.2 Å². The van der Waals surface area contributed by atoms with Gasteiger partial charge in [-0.25, -0.2) is 0 Å². The van der Waals surface area contributed by atoms with Gasteiger partial charge in [0, 0.05) is 14.2 Å². The van der Waals surface area contributed by atoms with Gasteiger partial charge in [-0.2, -0.15) is 0 Å². The maximum Gasteiger partial charge on any atom is 0.182 e. The molecule has 4 nitrogen and oxygen atoms in total. The Hall–Kier alpha value is -0.610. The van der Waals surface area contributed by atoms with Gasteiger partial charge in [0.15, 0.2) is 5.90 Å². The van der Waals surface area contributed by atoms with E-state index in [-0.39, 0.29) is 12.0 Å². The number of methoxy groups -OCH3 is 3. The van der Waals surface area contributed by atoms with Crippen LogP contribution in [0.3, 0.4) is 0 Å². The van der Waals surface area contributed by atoms with E-state index in [2.05, 4.69) is 4.74 Å². The first-order valence-electron chi connectivity index (χ1n) is 3.37. The Morgan fingerprint density at radius 3 is 2.36 bits per heavy atom. The molecule has 11 heavy (non-hydrogen) atoms. The Kier molecular flexibility index (Phi) is 5.78. The lowest BCUT2D eigenvalue weighted by atomic mass is 10.2. The monoisotopic (exact) mass is 161 g/mol. The first-order chi connectivity index (χ1) is 5.24. The average Bonchev–Trinajstić information content (AvgIpc) is 2.03. The van der Waals surface area contributed by atoms with E-state index in [1.165, 1.54) is 7.11 Å². The van der Waals surface area contributed by atoms with Crippen LogP contribution < -0.4 is 0 Å². The lowest BCUT2D eigenvalue weighted by Crippen LogP contribution is -2.21. The quantitative estimate of drug-likeness (QED) is 0.476. The summed E-state index contributed by atoms with van der Waals surface area (Å²) in [5.41, 5.74) is 0. The molecule has 0 aromatic rings. The lowest BCUT2D eigenvalue weighted by molar-refractivity contribution is 0.0302. The van der Waals surface area contributed by atoms with Gasteiger partial charge in [-0.05, 0) is 0 Å². The molecule has 0 aliphatic rings. The molecule has 0 saturated carbocycles. The highest BCUT2D eigenvalue weighted by molar-refractivity contribution is 5.72. The number of nitrogens with one attached hydrogen (secondary N) is 1. The van der Waals surface area contributed by atoms with E-state index in [4.69, 9.17) is 14.9 Å². The summed E-state index contributed by atoms with van der Waals surface area (Å²) in [6.45, 7) is 0.488. The predicted molar refractivity (Wildman–Crippen MR) is 42.0 cm³/mol. The second-order valence-corrected chi connectivity index (χ2v) is 2.14. The Balaban J connectivity index is 3.58. The van der Waals surface area contributed by atoms with Crippen LogP contribution in [-0.4, -0.2) is 39.9 Å². The minimum Gasteiger partial charge on any atom is -0.484 e. The zero-order valence-electron chi connectivity index (χ0n) is 7.22. The van der Waals surface area contributed by atoms with Crippen molar-refractivity contribution < 1.29 is 14.2 Å². The van der Waals surface area contributed by atoms with Crippen LogP contribution in [0.5, 0.6) is 0 Å². The summed E-state index contributed by atoms with van der Waals surface area (Å²) >= 11 is 0. The zero-order valence-corrected chi connectivity index (χ0v) is 7.22. The second-order valence-electron chi connectivity index (χ2n) is 2.14. The van der Waals surface area contributed by atoms with Crippen LogP contribution in [0.4, 0.5) is 0 Å². The summed E-state index contributed by atoms with van der Waals surface area (Å²) in [6, 6.07) is 0. The van der Waals surface area contributed by atoms with E-state index >= 15 is 0 Å². The van der Waals surface area contributed by atoms with Crippen LogP contribution in [-0.2, 0) is 14.2 Å². The van der Waals surface area contributed by atoms with Gasteiger partial charge in [0.25, 0.3) is 0 Å². The maximum absolute atomic E-state index is 7.19. The maximum atomic E-state index is 7.19. The Bertz CT molecular complexity index is 116. The lowest BCUT2D eigenvalue weighted by Gasteiger charge is -2.13. The third-order valence-electron chi connectivity index (χ3n) is 1.35. The molecule has 0 aliphatic heterocycles. The summed E-state index contributed by atoms with van der Waals surface area (Å²) in [4.78, 5) is 0. The van der Waals surface area contributed by atoms with Crippen molar-refractivity contribution >= 4 is 5.90 Å². The smallest absolute Gasteiger partial charge is 0.182 e. The highest BCUT2D eigenvalue weighted by Gasteiger charge is 2.09. The molecule has 0 spiro atoms. The molecule has 0 saturated heterocycles. The molecule has 1 atom stereocenters. The Morgan fingerprint density at radius 1 is 1.36 bits per heavy atom. The van der Waals surface area contributed by atoms with Gasteiger partial charge in [-0.15, -0.1) is 0 Å². The molecule has 4 heteroatoms. The van der Waals surface area contributed by atoms with E-state index < -0.39 is 0 Å². The summed E-state index contributed by atoms with van der Waals surface area (Å²) in [5.74, 6) is 0.217. The van der Waals surface area contributed by atoms with Crippen molar-refractivity contribution in [2.24, 2.45) is 0 Å². The Labute approximate surface area is 67.0 Å². The first-order valence-corrected chi connectivity index (χ1v) is 3.37. The van der Waals surface area contributed by atoms with Gasteiger partial charge in [-0.1, -0.05) is 0 Å². The normalized spacial score (nSPS) is 12.6. The van der Waals surface area contributed by atoms with Crippen LogP contribution in [0.2, 0.25) is 0 Å². The molecule has 0 bridgehead atoms. The molecule has 66 valence electrons. The molecule has 0 fully saturated rings. The van der Waals surface area contributed by atoms with E-state index in [0.717, 1.165) is 0 Å². The van der Waals surface area contributed by atoms with Gasteiger partial charge in [-0.3, -0.25) is 5.41 Å². The highest BCUT2D eigenvalue weighted by atomic mass is 16.5. The number of hydrogen-bond donors (Lipinski definition) is 1. The Morgan fingerprint density at radius 2 is 2.00 bits per heavy atom. The third-order valence-corrected chi connectivity index (χ3v) is 1.35. The highest BCUT2D eigenvalue weighted by Crippen LogP contribution is 1.98. The summed E-state index contributed by atoms with van der Waals surface area (Å²) in [6.07, 6.45) is 0.383. The topological polar surface area (TPSA) is 51.5 Å². The fraction of sp³-hybridized carbons (Fsp3) is 0.857. The van der Waals surface area contributed by atoms with E-state index in [0.29, 0.717) is 13.0 Å². The van der Waals surface area contributed by atoms with Crippen LogP contribution >= 0.6 is 0 Å². The number of rotatable bonds is 5. The molecule has 1 unspecified atom stereocenters. The molecule has 0 aromatic heterocycles. The molecular weight excluding hydrogens is 146 g/mol. The number of hydrogen-bond acceptors (Lipinski definition) is 4. The van der Waals surface area contributed by atoms with Crippen molar-refractivity contribution in [2.45, 2.75) is 12.5 Å². The molecule has 0 heterocycles. The molecular formula is C7H15NO3. The second kappa shape index (κ2) is 6.12. The predicted octanol–water partition coefficient (Wildman–Crippen LogP) is 0.662. The van der Waals surface area contributed by atoms with Crippen LogP contribution in [0.1, 0.15) is 6.42 Å². The van der Waals surface area contributed by atoms with Gasteiger partial charge >= 0.3 is 0 Å². The van der Waals surface area contributed by atoms with Crippen molar-refractivity contribution in [1.82, 2.24) is 0 Å². The fourth-order valence-electron chi connectivity index (χ4n) is 0.686. The molecule has 1 N–H and O–H groups in total. The van der Waals surface area contributed by atoms with Crippen molar-refractivity contribution in [3.8, 4) is 0 Å². The number of ether oxygens (including phenoxy) is 3. The van der Waals surface area contributed by atoms with Gasteiger partial charge in [0.05, 0.1) is 26.2 Å². The van der Waals surface area contributed by atoms with Crippen LogP contribution in [0.15, 0.2) is 0 Å². The van der Waals surface area contributed by atoms with Gasteiger partial charge in [0.2, 0.25) is 0 Å². The first kappa shape index (κ1) is 10.4. The van der Waals surface area contributed by atoms with E-state index in [1.54, 1.807) is 14.2 Å². The molecule has 0 radical (unpaired) electrons. The summed E-state index contributed by atoms with van der Waals surface area (Å²) < 4.78 is 14.6. The van der Waals surface area contributed by atoms with Crippen molar-refractivity contribution in [3.63, 3.8) is 0 Å². The van der Waals surface area contributed by atoms with Crippen molar-refractivity contribution in [1.29, 1.82) is 5.41 Å². The summed E-state index contributed by atoms with van der Waals surface area (Å²) in [7, 11) is 4.66. The third kappa shape index (κ3) is 4.75. The van der Waals surface area contributed by atoms with E-state index in [1.807, 2.05) is 0 Å². The largest absolute Gasteiger partial charge is 0.484 e. The molecule has 0 aliphatic carbocycles. The van der Waals surface area contributed by atoms with Crippen molar-refractivity contribution in [3.05, 3.63) is 0 Å². The summed E-state index contributed by atoms with van der Waals surface area (Å²) in [5, 5.41) is 7.19. The van der Waals surface area contributed by atoms with Crippen molar-refractivity contribution in [2.75, 3.05) is 27.9 Å². The fourth-order valence-corrected chi connectivity index (χ4v) is 0.686. The standard InChI is InChI=1S/C7H15NO3/c1-9-5-6(10-2)4-7(8)11-3/h6,8H,4-5H2,1-3H3. The minimum absolute atomic E-state index is 0.0764. The molecule has 0 rings (SSSR count). The van der Waals surface area contributed by atoms with Crippen LogP contribution in [0, 0.1) is 5.41 Å². The van der Waals surface area contributed by atoms with Crippen LogP contribution in [0.25, 0.3) is 0 Å². The molecule has 0 aromatic carbocycles. The van der Waals surface area contributed by atoms with Gasteiger partial charge in [0.1, 0.15) is 0 Å². The SMILES string of the molecule is COCC(CC(=N)OC)OC.